The first-order valence-electron chi connectivity index (χ1n) is 8.69. The molecule has 0 bridgehead atoms. The van der Waals surface area contributed by atoms with E-state index in [1.807, 2.05) is 0 Å². The van der Waals surface area contributed by atoms with E-state index in [0.29, 0.717) is 6.42 Å². The van der Waals surface area contributed by atoms with Gasteiger partial charge in [0.25, 0.3) is 0 Å². The van der Waals surface area contributed by atoms with E-state index < -0.39 is 4.92 Å². The predicted molar refractivity (Wildman–Crippen MR) is 92.9 cm³/mol. The minimum Gasteiger partial charge on any atom is -0.400 e. The third kappa shape index (κ3) is 9.07. The number of nitrogens with zero attached hydrogens (tertiary/aromatic N) is 2. The quantitative estimate of drug-likeness (QED) is 0.247. The van der Waals surface area contributed by atoms with Crippen LogP contribution in [0, 0.1) is 10.1 Å². The van der Waals surface area contributed by atoms with Gasteiger partial charge in [-0.3, -0.25) is 14.9 Å². The molecule has 0 spiro atoms. The lowest BCUT2D eigenvalue weighted by Crippen LogP contribution is -2.16. The molecule has 0 saturated carbocycles. The van der Waals surface area contributed by atoms with Gasteiger partial charge in [0.2, 0.25) is 5.91 Å². The van der Waals surface area contributed by atoms with Crippen molar-refractivity contribution in [3.8, 4) is 0 Å². The number of amides is 1. The van der Waals surface area contributed by atoms with Crippen LogP contribution in [-0.4, -0.2) is 17.0 Å². The number of rotatable bonds is 13. The molecule has 0 saturated heterocycles. The standard InChI is InChI=1S/C17H27N3O4/c1-2-3-4-5-6-7-8-9-10-11-16(21)19-18-14-15-12-13-17(24-15)20(22)23/h12-14H,2-11H2,1H3,(H,19,21)/b18-14+. The number of furan rings is 1. The molecule has 24 heavy (non-hydrogen) atoms. The summed E-state index contributed by atoms with van der Waals surface area (Å²) in [5.41, 5.74) is 2.40. The molecule has 1 N–H and O–H groups in total. The first kappa shape index (κ1) is 19.9. The number of hydrogen-bond donors (Lipinski definition) is 1. The third-order valence-corrected chi connectivity index (χ3v) is 3.68. The number of nitro groups is 1. The summed E-state index contributed by atoms with van der Waals surface area (Å²) in [5.74, 6) is -0.280. The average Bonchev–Trinajstić information content (AvgIpc) is 3.02. The maximum atomic E-state index is 11.6. The van der Waals surface area contributed by atoms with Crippen molar-refractivity contribution in [1.82, 2.24) is 5.43 Å². The fourth-order valence-electron chi connectivity index (χ4n) is 2.33. The summed E-state index contributed by atoms with van der Waals surface area (Å²) in [6, 6.07) is 2.67. The Morgan fingerprint density at radius 3 is 2.38 bits per heavy atom. The Bertz CT molecular complexity index is 526. The van der Waals surface area contributed by atoms with Crippen molar-refractivity contribution in [3.05, 3.63) is 28.0 Å². The van der Waals surface area contributed by atoms with Gasteiger partial charge in [0.15, 0.2) is 5.76 Å². The van der Waals surface area contributed by atoms with E-state index in [2.05, 4.69) is 17.5 Å². The summed E-state index contributed by atoms with van der Waals surface area (Å²) in [4.78, 5) is 21.4. The SMILES string of the molecule is CCCCCCCCCCCC(=O)N/N=C/c1ccc([N+](=O)[O-])o1. The van der Waals surface area contributed by atoms with Crippen LogP contribution in [-0.2, 0) is 4.79 Å². The monoisotopic (exact) mass is 337 g/mol. The zero-order valence-corrected chi connectivity index (χ0v) is 14.3. The third-order valence-electron chi connectivity index (χ3n) is 3.68. The number of hydrazone groups is 1. The maximum absolute atomic E-state index is 11.6. The normalized spacial score (nSPS) is 11.0. The van der Waals surface area contributed by atoms with E-state index >= 15 is 0 Å². The van der Waals surface area contributed by atoms with Gasteiger partial charge < -0.3 is 4.42 Å². The fourth-order valence-corrected chi connectivity index (χ4v) is 2.33. The van der Waals surface area contributed by atoms with Crippen molar-refractivity contribution in [2.75, 3.05) is 0 Å². The molecule has 0 unspecified atom stereocenters. The first-order chi connectivity index (χ1) is 11.6. The molecule has 0 atom stereocenters. The van der Waals surface area contributed by atoms with Gasteiger partial charge in [-0.05, 0) is 12.5 Å². The molecular formula is C17H27N3O4. The lowest BCUT2D eigenvalue weighted by Gasteiger charge is -2.02. The summed E-state index contributed by atoms with van der Waals surface area (Å²) >= 11 is 0. The van der Waals surface area contributed by atoms with Gasteiger partial charge in [0, 0.05) is 6.42 Å². The average molecular weight is 337 g/mol. The van der Waals surface area contributed by atoms with Gasteiger partial charge in [-0.25, -0.2) is 5.43 Å². The Kier molecular flexibility index (Phi) is 10.2. The predicted octanol–water partition coefficient (Wildman–Crippen LogP) is 4.56. The molecule has 1 amide bonds. The fraction of sp³-hybridized carbons (Fsp3) is 0.647. The summed E-state index contributed by atoms with van der Waals surface area (Å²) in [6.45, 7) is 2.22. The van der Waals surface area contributed by atoms with Gasteiger partial charge in [-0.1, -0.05) is 58.3 Å². The highest BCUT2D eigenvalue weighted by Gasteiger charge is 2.10. The molecule has 7 heteroatoms. The second kappa shape index (κ2) is 12.3. The van der Waals surface area contributed by atoms with Crippen LogP contribution in [0.25, 0.3) is 0 Å². The van der Waals surface area contributed by atoms with Gasteiger partial charge in [0.1, 0.15) is 4.92 Å². The molecule has 0 aliphatic rings. The van der Waals surface area contributed by atoms with Crippen molar-refractivity contribution in [2.45, 2.75) is 71.1 Å². The van der Waals surface area contributed by atoms with Gasteiger partial charge >= 0.3 is 5.88 Å². The van der Waals surface area contributed by atoms with Gasteiger partial charge in [-0.2, -0.15) is 5.10 Å². The largest absolute Gasteiger partial charge is 0.433 e. The minimum absolute atomic E-state index is 0.157. The zero-order valence-electron chi connectivity index (χ0n) is 14.3. The van der Waals surface area contributed by atoms with Crippen molar-refractivity contribution in [2.24, 2.45) is 5.10 Å². The Morgan fingerprint density at radius 1 is 1.17 bits per heavy atom. The molecule has 0 aliphatic heterocycles. The topological polar surface area (TPSA) is 97.7 Å². The Labute approximate surface area is 142 Å². The zero-order chi connectivity index (χ0) is 17.6. The molecule has 134 valence electrons. The van der Waals surface area contributed by atoms with E-state index in [4.69, 9.17) is 4.42 Å². The van der Waals surface area contributed by atoms with Crippen LogP contribution in [0.4, 0.5) is 5.88 Å². The van der Waals surface area contributed by atoms with Crippen molar-refractivity contribution >= 4 is 18.0 Å². The van der Waals surface area contributed by atoms with Crippen molar-refractivity contribution < 1.29 is 14.1 Å². The van der Waals surface area contributed by atoms with Crippen LogP contribution in [0.3, 0.4) is 0 Å². The number of carbonyl (C=O) groups is 1. The summed E-state index contributed by atoms with van der Waals surface area (Å²) in [7, 11) is 0. The van der Waals surface area contributed by atoms with Crippen LogP contribution in [0.15, 0.2) is 21.7 Å². The Balaban J connectivity index is 2.03. The second-order valence-corrected chi connectivity index (χ2v) is 5.80. The lowest BCUT2D eigenvalue weighted by atomic mass is 10.1. The highest BCUT2D eigenvalue weighted by atomic mass is 16.6. The highest BCUT2D eigenvalue weighted by Crippen LogP contribution is 2.13. The Morgan fingerprint density at radius 2 is 1.79 bits per heavy atom. The van der Waals surface area contributed by atoms with Crippen LogP contribution < -0.4 is 5.43 Å². The molecule has 1 aromatic rings. The van der Waals surface area contributed by atoms with Crippen molar-refractivity contribution in [3.63, 3.8) is 0 Å². The highest BCUT2D eigenvalue weighted by molar-refractivity contribution is 5.80. The molecule has 0 aromatic carbocycles. The van der Waals surface area contributed by atoms with E-state index in [9.17, 15) is 14.9 Å². The molecule has 1 aromatic heterocycles. The number of hydrogen-bond acceptors (Lipinski definition) is 5. The van der Waals surface area contributed by atoms with E-state index in [0.717, 1.165) is 12.8 Å². The smallest absolute Gasteiger partial charge is 0.400 e. The number of carbonyl (C=O) groups excluding carboxylic acids is 1. The summed E-state index contributed by atoms with van der Waals surface area (Å²) in [5, 5.41) is 14.2. The van der Waals surface area contributed by atoms with Crippen LogP contribution in [0.2, 0.25) is 0 Å². The summed E-state index contributed by atoms with van der Waals surface area (Å²) in [6.07, 6.45) is 12.5. The molecule has 0 radical (unpaired) electrons. The van der Waals surface area contributed by atoms with Gasteiger partial charge in [0.05, 0.1) is 12.3 Å². The molecule has 1 rings (SSSR count). The Hall–Kier alpha value is -2.18. The first-order valence-corrected chi connectivity index (χ1v) is 8.69. The van der Waals surface area contributed by atoms with Crippen molar-refractivity contribution in [1.29, 1.82) is 0 Å². The van der Waals surface area contributed by atoms with E-state index in [1.54, 1.807) is 0 Å². The minimum atomic E-state index is -0.625. The maximum Gasteiger partial charge on any atom is 0.433 e. The molecular weight excluding hydrogens is 310 g/mol. The van der Waals surface area contributed by atoms with Crippen LogP contribution in [0.5, 0.6) is 0 Å². The second-order valence-electron chi connectivity index (χ2n) is 5.80. The number of nitrogens with one attached hydrogen (secondary N) is 1. The van der Waals surface area contributed by atoms with Crippen LogP contribution >= 0.6 is 0 Å². The van der Waals surface area contributed by atoms with Gasteiger partial charge in [-0.15, -0.1) is 0 Å². The number of unbranched alkanes of at least 4 members (excludes halogenated alkanes) is 8. The molecule has 1 heterocycles. The lowest BCUT2D eigenvalue weighted by molar-refractivity contribution is -0.402. The van der Waals surface area contributed by atoms with E-state index in [-0.39, 0.29) is 17.6 Å². The molecule has 0 fully saturated rings. The summed E-state index contributed by atoms with van der Waals surface area (Å²) < 4.78 is 4.89. The van der Waals surface area contributed by atoms with E-state index in [1.165, 1.54) is 63.3 Å². The molecule has 7 nitrogen and oxygen atoms in total. The van der Waals surface area contributed by atoms with Crippen LogP contribution in [0.1, 0.15) is 76.9 Å². The molecule has 0 aliphatic carbocycles.